The van der Waals surface area contributed by atoms with Gasteiger partial charge in [-0.1, -0.05) is 6.07 Å². The fraction of sp³-hybridized carbons (Fsp3) is 0. The SMILES string of the molecule is O=C1OC(c2cccc(F)c2)=N/C1=C\c1ccsc1. The predicted molar refractivity (Wildman–Crippen MR) is 71.3 cm³/mol. The van der Waals surface area contributed by atoms with Crippen molar-refractivity contribution < 1.29 is 13.9 Å². The third-order valence-electron chi connectivity index (χ3n) is 2.54. The summed E-state index contributed by atoms with van der Waals surface area (Å²) in [4.78, 5) is 15.8. The van der Waals surface area contributed by atoms with E-state index in [2.05, 4.69) is 4.99 Å². The highest BCUT2D eigenvalue weighted by atomic mass is 32.1. The zero-order chi connectivity index (χ0) is 13.2. The van der Waals surface area contributed by atoms with Gasteiger partial charge >= 0.3 is 5.97 Å². The molecule has 0 unspecified atom stereocenters. The summed E-state index contributed by atoms with van der Waals surface area (Å²) in [5.41, 5.74) is 1.56. The standard InChI is InChI=1S/C14H8FNO2S/c15-11-3-1-2-10(7-11)13-16-12(14(17)18-13)6-9-4-5-19-8-9/h1-8H/b12-6-. The van der Waals surface area contributed by atoms with E-state index >= 15 is 0 Å². The van der Waals surface area contributed by atoms with Crippen LogP contribution in [0.4, 0.5) is 4.39 Å². The lowest BCUT2D eigenvalue weighted by Gasteiger charge is -1.98. The maximum Gasteiger partial charge on any atom is 0.363 e. The molecule has 5 heteroatoms. The largest absolute Gasteiger partial charge is 0.402 e. The monoisotopic (exact) mass is 273 g/mol. The number of halogens is 1. The molecule has 0 radical (unpaired) electrons. The van der Waals surface area contributed by atoms with Gasteiger partial charge in [-0.2, -0.15) is 11.3 Å². The van der Waals surface area contributed by atoms with Crippen molar-refractivity contribution >= 4 is 29.3 Å². The molecule has 1 aliphatic heterocycles. The van der Waals surface area contributed by atoms with Crippen molar-refractivity contribution in [3.63, 3.8) is 0 Å². The highest BCUT2D eigenvalue weighted by Crippen LogP contribution is 2.20. The smallest absolute Gasteiger partial charge is 0.363 e. The molecule has 0 saturated heterocycles. The van der Waals surface area contributed by atoms with E-state index in [-0.39, 0.29) is 11.6 Å². The van der Waals surface area contributed by atoms with Crippen LogP contribution in [0.25, 0.3) is 6.08 Å². The molecule has 3 nitrogen and oxygen atoms in total. The summed E-state index contributed by atoms with van der Waals surface area (Å²) in [6, 6.07) is 7.66. The topological polar surface area (TPSA) is 38.7 Å². The molecule has 0 N–H and O–H groups in total. The molecular weight excluding hydrogens is 265 g/mol. The second kappa shape index (κ2) is 4.78. The molecule has 0 atom stereocenters. The quantitative estimate of drug-likeness (QED) is 0.622. The molecule has 19 heavy (non-hydrogen) atoms. The Labute approximate surface area is 112 Å². The molecule has 2 aromatic rings. The molecule has 0 spiro atoms. The minimum absolute atomic E-state index is 0.131. The van der Waals surface area contributed by atoms with Crippen LogP contribution in [0.5, 0.6) is 0 Å². The Morgan fingerprint density at radius 1 is 1.32 bits per heavy atom. The molecule has 0 bridgehead atoms. The minimum atomic E-state index is -0.523. The van der Waals surface area contributed by atoms with Crippen LogP contribution >= 0.6 is 11.3 Å². The fourth-order valence-corrected chi connectivity index (χ4v) is 2.29. The van der Waals surface area contributed by atoms with Crippen LogP contribution in [0.1, 0.15) is 11.1 Å². The van der Waals surface area contributed by atoms with E-state index in [1.807, 2.05) is 16.8 Å². The summed E-state index contributed by atoms with van der Waals surface area (Å²) in [6.45, 7) is 0. The number of esters is 1. The molecular formula is C14H8FNO2S. The number of aliphatic imine (C=N–C) groups is 1. The average Bonchev–Trinajstić information content (AvgIpc) is 3.01. The van der Waals surface area contributed by atoms with E-state index in [1.54, 1.807) is 18.2 Å². The van der Waals surface area contributed by atoms with Crippen molar-refractivity contribution in [1.29, 1.82) is 0 Å². The third kappa shape index (κ3) is 2.46. The molecule has 0 amide bonds. The van der Waals surface area contributed by atoms with Crippen LogP contribution in [0, 0.1) is 5.82 Å². The van der Waals surface area contributed by atoms with Crippen molar-refractivity contribution in [3.05, 3.63) is 63.7 Å². The summed E-state index contributed by atoms with van der Waals surface area (Å²) in [7, 11) is 0. The van der Waals surface area contributed by atoms with Gasteiger partial charge in [0.2, 0.25) is 5.90 Å². The average molecular weight is 273 g/mol. The van der Waals surface area contributed by atoms with Gasteiger partial charge in [-0.25, -0.2) is 14.2 Å². The van der Waals surface area contributed by atoms with Crippen molar-refractivity contribution in [2.45, 2.75) is 0 Å². The summed E-state index contributed by atoms with van der Waals surface area (Å²) >= 11 is 1.53. The number of rotatable bonds is 2. The molecule has 2 heterocycles. The third-order valence-corrected chi connectivity index (χ3v) is 3.24. The van der Waals surface area contributed by atoms with Gasteiger partial charge in [0.15, 0.2) is 5.70 Å². The van der Waals surface area contributed by atoms with Gasteiger partial charge in [0.25, 0.3) is 0 Å². The lowest BCUT2D eigenvalue weighted by molar-refractivity contribution is -0.129. The lowest BCUT2D eigenvalue weighted by atomic mass is 10.2. The van der Waals surface area contributed by atoms with Gasteiger partial charge in [0.05, 0.1) is 0 Å². The zero-order valence-electron chi connectivity index (χ0n) is 9.67. The van der Waals surface area contributed by atoms with E-state index < -0.39 is 11.8 Å². The van der Waals surface area contributed by atoms with Crippen molar-refractivity contribution in [2.24, 2.45) is 4.99 Å². The number of hydrogen-bond donors (Lipinski definition) is 0. The van der Waals surface area contributed by atoms with Crippen molar-refractivity contribution in [3.8, 4) is 0 Å². The molecule has 1 aromatic heterocycles. The fourth-order valence-electron chi connectivity index (χ4n) is 1.67. The summed E-state index contributed by atoms with van der Waals surface area (Å²) in [6.07, 6.45) is 1.64. The van der Waals surface area contributed by atoms with Crippen LogP contribution in [-0.4, -0.2) is 11.9 Å². The maximum absolute atomic E-state index is 13.1. The predicted octanol–water partition coefficient (Wildman–Crippen LogP) is 3.23. The Morgan fingerprint density at radius 3 is 2.95 bits per heavy atom. The Balaban J connectivity index is 1.95. The number of carbonyl (C=O) groups is 1. The van der Waals surface area contributed by atoms with E-state index in [9.17, 15) is 9.18 Å². The minimum Gasteiger partial charge on any atom is -0.402 e. The number of carbonyl (C=O) groups excluding carboxylic acids is 1. The molecule has 0 aliphatic carbocycles. The first-order chi connectivity index (χ1) is 9.22. The van der Waals surface area contributed by atoms with Gasteiger partial charge in [-0.15, -0.1) is 0 Å². The number of thiophene rings is 1. The normalized spacial score (nSPS) is 16.6. The molecule has 0 saturated carbocycles. The number of hydrogen-bond acceptors (Lipinski definition) is 4. The van der Waals surface area contributed by atoms with Crippen LogP contribution in [0.2, 0.25) is 0 Å². The number of nitrogens with zero attached hydrogens (tertiary/aromatic N) is 1. The second-order valence-electron chi connectivity index (χ2n) is 3.90. The van der Waals surface area contributed by atoms with Gasteiger partial charge < -0.3 is 4.74 Å². The second-order valence-corrected chi connectivity index (χ2v) is 4.68. The summed E-state index contributed by atoms with van der Waals surface area (Å²) < 4.78 is 18.2. The molecule has 1 aromatic carbocycles. The Bertz CT molecular complexity index is 689. The Hall–Kier alpha value is -2.27. The number of benzene rings is 1. The van der Waals surface area contributed by atoms with E-state index in [0.29, 0.717) is 5.56 Å². The first kappa shape index (κ1) is 11.8. The van der Waals surface area contributed by atoms with Crippen LogP contribution in [0.15, 0.2) is 51.8 Å². The summed E-state index contributed by atoms with van der Waals surface area (Å²) in [5, 5.41) is 3.81. The highest BCUT2D eigenvalue weighted by molar-refractivity contribution is 7.08. The van der Waals surface area contributed by atoms with Crippen LogP contribution < -0.4 is 0 Å². The van der Waals surface area contributed by atoms with Gasteiger partial charge in [0, 0.05) is 5.56 Å². The van der Waals surface area contributed by atoms with Gasteiger partial charge in [-0.3, -0.25) is 0 Å². The van der Waals surface area contributed by atoms with Crippen LogP contribution in [0.3, 0.4) is 0 Å². The molecule has 0 fully saturated rings. The van der Waals surface area contributed by atoms with Crippen LogP contribution in [-0.2, 0) is 9.53 Å². The molecule has 94 valence electrons. The van der Waals surface area contributed by atoms with Crippen molar-refractivity contribution in [2.75, 3.05) is 0 Å². The van der Waals surface area contributed by atoms with E-state index in [1.165, 1.54) is 23.5 Å². The number of ether oxygens (including phenoxy) is 1. The molecule has 3 rings (SSSR count). The molecule has 1 aliphatic rings. The summed E-state index contributed by atoms with van der Waals surface area (Å²) in [5.74, 6) is -0.789. The Kier molecular flexibility index (Phi) is 2.97. The first-order valence-electron chi connectivity index (χ1n) is 5.53. The van der Waals surface area contributed by atoms with Gasteiger partial charge in [0.1, 0.15) is 5.82 Å². The lowest BCUT2D eigenvalue weighted by Crippen LogP contribution is -2.05. The maximum atomic E-state index is 13.1. The highest BCUT2D eigenvalue weighted by Gasteiger charge is 2.24. The number of cyclic esters (lactones) is 1. The van der Waals surface area contributed by atoms with Crippen molar-refractivity contribution in [1.82, 2.24) is 0 Å². The zero-order valence-corrected chi connectivity index (χ0v) is 10.5. The van der Waals surface area contributed by atoms with E-state index in [0.717, 1.165) is 5.56 Å². The Morgan fingerprint density at radius 2 is 2.21 bits per heavy atom. The first-order valence-corrected chi connectivity index (χ1v) is 6.47. The van der Waals surface area contributed by atoms with Gasteiger partial charge in [-0.05, 0) is 46.7 Å². The van der Waals surface area contributed by atoms with E-state index in [4.69, 9.17) is 4.74 Å².